The molecule has 0 unspecified atom stereocenters. The van der Waals surface area contributed by atoms with Crippen molar-refractivity contribution < 1.29 is 17.9 Å². The Kier molecular flexibility index (Phi) is 7.73. The van der Waals surface area contributed by atoms with Crippen molar-refractivity contribution in [2.45, 2.75) is 16.3 Å². The molecule has 6 nitrogen and oxygen atoms in total. The van der Waals surface area contributed by atoms with Crippen LogP contribution in [0.3, 0.4) is 0 Å². The summed E-state index contributed by atoms with van der Waals surface area (Å²) >= 11 is 1.58. The number of para-hydroxylation sites is 1. The Morgan fingerprint density at radius 2 is 1.61 bits per heavy atom. The standard InChI is InChI=1S/C23H24N2O4S2/c1-25(31(2,27)28)16-18-12-14-19(15-13-18)29-17-23(26)24-21-10-6-7-11-22(21)30-20-8-4-3-5-9-20/h3-15H,16-17H2,1-2H3,(H,24,26). The van der Waals surface area contributed by atoms with Crippen molar-refractivity contribution in [2.75, 3.05) is 25.2 Å². The van der Waals surface area contributed by atoms with Crippen molar-refractivity contribution in [3.05, 3.63) is 84.4 Å². The van der Waals surface area contributed by atoms with E-state index >= 15 is 0 Å². The molecule has 0 spiro atoms. The number of carbonyl (C=O) groups excluding carboxylic acids is 1. The first kappa shape index (κ1) is 22.9. The van der Waals surface area contributed by atoms with Crippen LogP contribution in [0.5, 0.6) is 5.75 Å². The van der Waals surface area contributed by atoms with Gasteiger partial charge in [-0.05, 0) is 42.0 Å². The van der Waals surface area contributed by atoms with Crippen LogP contribution in [0.15, 0.2) is 88.7 Å². The first-order chi connectivity index (χ1) is 14.8. The first-order valence-corrected chi connectivity index (χ1v) is 12.2. The summed E-state index contributed by atoms with van der Waals surface area (Å²) in [4.78, 5) is 14.4. The number of carbonyl (C=O) groups is 1. The van der Waals surface area contributed by atoms with Gasteiger partial charge in [-0.1, -0.05) is 54.2 Å². The molecule has 0 saturated carbocycles. The molecule has 3 aromatic rings. The van der Waals surface area contributed by atoms with Gasteiger partial charge in [0.2, 0.25) is 10.0 Å². The van der Waals surface area contributed by atoms with Crippen molar-refractivity contribution in [3.63, 3.8) is 0 Å². The van der Waals surface area contributed by atoms with Crippen LogP contribution in [-0.2, 0) is 21.4 Å². The summed E-state index contributed by atoms with van der Waals surface area (Å²) < 4.78 is 29.9. The predicted molar refractivity (Wildman–Crippen MR) is 124 cm³/mol. The molecule has 0 aromatic heterocycles. The maximum atomic E-state index is 12.4. The van der Waals surface area contributed by atoms with Gasteiger partial charge in [0.15, 0.2) is 6.61 Å². The van der Waals surface area contributed by atoms with Crippen LogP contribution in [0, 0.1) is 0 Å². The Hall–Kier alpha value is -2.81. The van der Waals surface area contributed by atoms with E-state index in [1.807, 2.05) is 54.6 Å². The van der Waals surface area contributed by atoms with Gasteiger partial charge in [-0.2, -0.15) is 0 Å². The van der Waals surface area contributed by atoms with Crippen LogP contribution in [0.2, 0.25) is 0 Å². The lowest BCUT2D eigenvalue weighted by Gasteiger charge is -2.14. The summed E-state index contributed by atoms with van der Waals surface area (Å²) in [5, 5.41) is 2.90. The van der Waals surface area contributed by atoms with Crippen molar-refractivity contribution in [3.8, 4) is 5.75 Å². The minimum atomic E-state index is -3.24. The Morgan fingerprint density at radius 1 is 0.968 bits per heavy atom. The normalized spacial score (nSPS) is 11.3. The van der Waals surface area contributed by atoms with E-state index in [1.54, 1.807) is 36.0 Å². The number of rotatable bonds is 9. The SMILES string of the molecule is CN(Cc1ccc(OCC(=O)Nc2ccccc2Sc2ccccc2)cc1)S(C)(=O)=O. The number of benzene rings is 3. The van der Waals surface area contributed by atoms with Gasteiger partial charge in [0.05, 0.1) is 11.9 Å². The van der Waals surface area contributed by atoms with Crippen molar-refractivity contribution >= 4 is 33.4 Å². The van der Waals surface area contributed by atoms with Gasteiger partial charge in [-0.15, -0.1) is 0 Å². The number of nitrogens with one attached hydrogen (secondary N) is 1. The minimum Gasteiger partial charge on any atom is -0.484 e. The van der Waals surface area contributed by atoms with E-state index in [1.165, 1.54) is 17.6 Å². The Balaban J connectivity index is 1.55. The Bertz CT molecular complexity index is 1120. The highest BCUT2D eigenvalue weighted by Crippen LogP contribution is 2.33. The lowest BCUT2D eigenvalue weighted by Crippen LogP contribution is -2.24. The van der Waals surface area contributed by atoms with E-state index < -0.39 is 10.0 Å². The van der Waals surface area contributed by atoms with Gasteiger partial charge in [-0.25, -0.2) is 12.7 Å². The average molecular weight is 457 g/mol. The summed E-state index contributed by atoms with van der Waals surface area (Å²) in [7, 11) is -1.71. The molecule has 1 N–H and O–H groups in total. The topological polar surface area (TPSA) is 75.7 Å². The number of hydrogen-bond acceptors (Lipinski definition) is 5. The average Bonchev–Trinajstić information content (AvgIpc) is 2.75. The van der Waals surface area contributed by atoms with Gasteiger partial charge >= 0.3 is 0 Å². The number of sulfonamides is 1. The zero-order valence-electron chi connectivity index (χ0n) is 17.3. The molecule has 0 aliphatic heterocycles. The summed E-state index contributed by atoms with van der Waals surface area (Å²) in [5.74, 6) is 0.273. The summed E-state index contributed by atoms with van der Waals surface area (Å²) in [6, 6.07) is 24.6. The van der Waals surface area contributed by atoms with E-state index in [-0.39, 0.29) is 19.1 Å². The van der Waals surface area contributed by atoms with Crippen LogP contribution < -0.4 is 10.1 Å². The third-order valence-electron chi connectivity index (χ3n) is 4.40. The fourth-order valence-electron chi connectivity index (χ4n) is 2.68. The lowest BCUT2D eigenvalue weighted by atomic mass is 10.2. The van der Waals surface area contributed by atoms with Gasteiger partial charge in [-0.3, -0.25) is 4.79 Å². The van der Waals surface area contributed by atoms with E-state index in [2.05, 4.69) is 5.32 Å². The lowest BCUT2D eigenvalue weighted by molar-refractivity contribution is -0.118. The molecule has 3 rings (SSSR count). The highest BCUT2D eigenvalue weighted by molar-refractivity contribution is 7.99. The molecular formula is C23H24N2O4S2. The molecule has 0 aliphatic rings. The van der Waals surface area contributed by atoms with Crippen LogP contribution in [0.4, 0.5) is 5.69 Å². The summed E-state index contributed by atoms with van der Waals surface area (Å²) in [5.41, 5.74) is 1.56. The molecule has 3 aromatic carbocycles. The molecule has 162 valence electrons. The predicted octanol–water partition coefficient (Wildman–Crippen LogP) is 4.25. The smallest absolute Gasteiger partial charge is 0.262 e. The van der Waals surface area contributed by atoms with Crippen LogP contribution in [0.1, 0.15) is 5.56 Å². The number of hydrogen-bond donors (Lipinski definition) is 1. The third-order valence-corrected chi connectivity index (χ3v) is 6.74. The molecule has 31 heavy (non-hydrogen) atoms. The summed E-state index contributed by atoms with van der Waals surface area (Å²) in [6.45, 7) is 0.141. The van der Waals surface area contributed by atoms with Gasteiger partial charge < -0.3 is 10.1 Å². The van der Waals surface area contributed by atoms with E-state index in [4.69, 9.17) is 4.74 Å². The molecular weight excluding hydrogens is 432 g/mol. The molecule has 0 fully saturated rings. The molecule has 1 amide bonds. The monoisotopic (exact) mass is 456 g/mol. The number of nitrogens with zero attached hydrogens (tertiary/aromatic N) is 1. The van der Waals surface area contributed by atoms with Gasteiger partial charge in [0.25, 0.3) is 5.91 Å². The zero-order chi connectivity index (χ0) is 22.3. The van der Waals surface area contributed by atoms with Gasteiger partial charge in [0.1, 0.15) is 5.75 Å². The zero-order valence-corrected chi connectivity index (χ0v) is 18.9. The largest absolute Gasteiger partial charge is 0.484 e. The molecule has 0 aliphatic carbocycles. The maximum Gasteiger partial charge on any atom is 0.262 e. The second-order valence-corrected chi connectivity index (χ2v) is 10.1. The second-order valence-electron chi connectivity index (χ2n) is 6.91. The fourth-order valence-corrected chi connectivity index (χ4v) is 3.98. The van der Waals surface area contributed by atoms with Crippen LogP contribution in [0.25, 0.3) is 0 Å². The van der Waals surface area contributed by atoms with Crippen LogP contribution in [-0.4, -0.2) is 38.5 Å². The summed E-state index contributed by atoms with van der Waals surface area (Å²) in [6.07, 6.45) is 1.17. The van der Waals surface area contributed by atoms with E-state index in [9.17, 15) is 13.2 Å². The van der Waals surface area contributed by atoms with E-state index in [0.29, 0.717) is 5.75 Å². The molecule has 0 radical (unpaired) electrons. The first-order valence-electron chi connectivity index (χ1n) is 9.56. The highest BCUT2D eigenvalue weighted by Gasteiger charge is 2.12. The molecule has 0 bridgehead atoms. The number of ether oxygens (including phenoxy) is 1. The minimum absolute atomic E-state index is 0.132. The molecule has 0 atom stereocenters. The number of amides is 1. The van der Waals surface area contributed by atoms with Crippen molar-refractivity contribution in [1.29, 1.82) is 0 Å². The number of anilines is 1. The Labute approximate surface area is 187 Å². The second kappa shape index (κ2) is 10.5. The molecule has 0 heterocycles. The van der Waals surface area contributed by atoms with Crippen molar-refractivity contribution in [1.82, 2.24) is 4.31 Å². The fraction of sp³-hybridized carbons (Fsp3) is 0.174. The highest BCUT2D eigenvalue weighted by atomic mass is 32.2. The quantitative estimate of drug-likeness (QED) is 0.521. The van der Waals surface area contributed by atoms with Gasteiger partial charge in [0, 0.05) is 23.4 Å². The Morgan fingerprint density at radius 3 is 2.29 bits per heavy atom. The third kappa shape index (κ3) is 7.13. The maximum absolute atomic E-state index is 12.4. The van der Waals surface area contributed by atoms with Crippen LogP contribution >= 0.6 is 11.8 Å². The van der Waals surface area contributed by atoms with E-state index in [0.717, 1.165) is 21.0 Å². The van der Waals surface area contributed by atoms with Crippen molar-refractivity contribution in [2.24, 2.45) is 0 Å². The molecule has 8 heteroatoms. The molecule has 0 saturated heterocycles.